The number of halogens is 1. The standard InChI is InChI=1S/C12H19IN4O/c13-9-10(16-8-17-11(9)18)15-7-12(6-14)4-2-1-3-5-12/h8H,1-7,14H2,(H2,15,16,17,18). The quantitative estimate of drug-likeness (QED) is 0.712. The Labute approximate surface area is 120 Å². The molecule has 0 radical (unpaired) electrons. The van der Waals surface area contributed by atoms with Crippen molar-refractivity contribution in [3.8, 4) is 0 Å². The molecule has 0 aliphatic heterocycles. The van der Waals surface area contributed by atoms with Crippen LogP contribution in [0.25, 0.3) is 0 Å². The molecule has 5 nitrogen and oxygen atoms in total. The Morgan fingerprint density at radius 2 is 2.17 bits per heavy atom. The van der Waals surface area contributed by atoms with E-state index in [9.17, 15) is 4.79 Å². The van der Waals surface area contributed by atoms with Crippen LogP contribution in [0, 0.1) is 8.99 Å². The third-order valence-electron chi connectivity index (χ3n) is 3.77. The lowest BCUT2D eigenvalue weighted by Gasteiger charge is -2.36. The summed E-state index contributed by atoms with van der Waals surface area (Å²) in [4.78, 5) is 18.2. The van der Waals surface area contributed by atoms with E-state index in [0.717, 1.165) is 19.4 Å². The van der Waals surface area contributed by atoms with E-state index >= 15 is 0 Å². The van der Waals surface area contributed by atoms with Gasteiger partial charge in [0.15, 0.2) is 0 Å². The lowest BCUT2D eigenvalue weighted by atomic mass is 9.74. The van der Waals surface area contributed by atoms with E-state index in [1.165, 1.54) is 25.6 Å². The van der Waals surface area contributed by atoms with Gasteiger partial charge >= 0.3 is 0 Å². The average molecular weight is 362 g/mol. The maximum absolute atomic E-state index is 11.5. The smallest absolute Gasteiger partial charge is 0.266 e. The van der Waals surface area contributed by atoms with E-state index in [4.69, 9.17) is 5.73 Å². The molecule has 0 aromatic carbocycles. The first-order valence-electron chi connectivity index (χ1n) is 6.34. The third-order valence-corrected chi connectivity index (χ3v) is 4.78. The molecule has 0 unspecified atom stereocenters. The maximum atomic E-state index is 11.5. The van der Waals surface area contributed by atoms with Gasteiger partial charge in [0, 0.05) is 6.54 Å². The molecule has 18 heavy (non-hydrogen) atoms. The Morgan fingerprint density at radius 3 is 2.83 bits per heavy atom. The van der Waals surface area contributed by atoms with Crippen molar-refractivity contribution in [2.24, 2.45) is 11.1 Å². The van der Waals surface area contributed by atoms with E-state index in [2.05, 4.69) is 15.3 Å². The summed E-state index contributed by atoms with van der Waals surface area (Å²) >= 11 is 2.02. The molecule has 1 aromatic heterocycles. The van der Waals surface area contributed by atoms with E-state index in [0.29, 0.717) is 15.9 Å². The molecule has 1 aliphatic carbocycles. The first-order valence-corrected chi connectivity index (χ1v) is 7.42. The second-order valence-electron chi connectivity index (χ2n) is 5.01. The number of rotatable bonds is 4. The van der Waals surface area contributed by atoms with E-state index in [-0.39, 0.29) is 11.0 Å². The summed E-state index contributed by atoms with van der Waals surface area (Å²) in [6.45, 7) is 1.50. The van der Waals surface area contributed by atoms with Gasteiger partial charge in [-0.15, -0.1) is 0 Å². The van der Waals surface area contributed by atoms with Crippen molar-refractivity contribution >= 4 is 28.4 Å². The van der Waals surface area contributed by atoms with Gasteiger partial charge in [-0.1, -0.05) is 19.3 Å². The summed E-state index contributed by atoms with van der Waals surface area (Å²) in [6, 6.07) is 0. The van der Waals surface area contributed by atoms with Crippen LogP contribution in [-0.4, -0.2) is 23.1 Å². The molecule has 0 amide bonds. The van der Waals surface area contributed by atoms with Crippen LogP contribution in [-0.2, 0) is 0 Å². The minimum Gasteiger partial charge on any atom is -0.368 e. The highest BCUT2D eigenvalue weighted by atomic mass is 127. The van der Waals surface area contributed by atoms with Crippen molar-refractivity contribution < 1.29 is 0 Å². The minimum atomic E-state index is -0.0986. The summed E-state index contributed by atoms with van der Waals surface area (Å²) in [5.74, 6) is 0.665. The molecule has 0 spiro atoms. The van der Waals surface area contributed by atoms with E-state index in [1.807, 2.05) is 22.6 Å². The molecule has 0 bridgehead atoms. The third kappa shape index (κ3) is 3.03. The number of nitrogens with one attached hydrogen (secondary N) is 2. The van der Waals surface area contributed by atoms with Crippen LogP contribution in [0.5, 0.6) is 0 Å². The highest BCUT2D eigenvalue weighted by Gasteiger charge is 2.30. The van der Waals surface area contributed by atoms with Crippen molar-refractivity contribution in [1.29, 1.82) is 0 Å². The number of aromatic nitrogens is 2. The highest BCUT2D eigenvalue weighted by Crippen LogP contribution is 2.35. The Balaban J connectivity index is 2.05. The molecule has 1 heterocycles. The van der Waals surface area contributed by atoms with Crippen LogP contribution in [0.2, 0.25) is 0 Å². The topological polar surface area (TPSA) is 83.8 Å². The zero-order chi connectivity index (χ0) is 13.0. The van der Waals surface area contributed by atoms with Gasteiger partial charge in [-0.25, -0.2) is 4.98 Å². The van der Waals surface area contributed by atoms with Crippen molar-refractivity contribution in [1.82, 2.24) is 9.97 Å². The fourth-order valence-electron chi connectivity index (χ4n) is 2.53. The van der Waals surface area contributed by atoms with Crippen molar-refractivity contribution in [3.63, 3.8) is 0 Å². The van der Waals surface area contributed by atoms with Gasteiger partial charge in [-0.2, -0.15) is 0 Å². The average Bonchev–Trinajstić information content (AvgIpc) is 2.41. The first kappa shape index (κ1) is 13.8. The zero-order valence-electron chi connectivity index (χ0n) is 10.3. The molecule has 4 N–H and O–H groups in total. The van der Waals surface area contributed by atoms with Gasteiger partial charge in [-0.3, -0.25) is 4.79 Å². The van der Waals surface area contributed by atoms with Crippen LogP contribution >= 0.6 is 22.6 Å². The number of hydrogen-bond donors (Lipinski definition) is 3. The van der Waals surface area contributed by atoms with Gasteiger partial charge in [0.1, 0.15) is 9.39 Å². The lowest BCUT2D eigenvalue weighted by Crippen LogP contribution is -2.39. The van der Waals surface area contributed by atoms with Gasteiger partial charge in [0.05, 0.1) is 6.33 Å². The molecule has 1 saturated carbocycles. The summed E-state index contributed by atoms with van der Waals surface area (Å²) in [6.07, 6.45) is 7.56. The highest BCUT2D eigenvalue weighted by molar-refractivity contribution is 14.1. The summed E-state index contributed by atoms with van der Waals surface area (Å²) in [5.41, 5.74) is 6.01. The Morgan fingerprint density at radius 1 is 1.44 bits per heavy atom. The Kier molecular flexibility index (Phi) is 4.60. The SMILES string of the molecule is NCC1(CNc2nc[nH]c(=O)c2I)CCCCC1. The van der Waals surface area contributed by atoms with Crippen LogP contribution in [0.3, 0.4) is 0 Å². The fraction of sp³-hybridized carbons (Fsp3) is 0.667. The van der Waals surface area contributed by atoms with Crippen molar-refractivity contribution in [2.45, 2.75) is 32.1 Å². The second-order valence-corrected chi connectivity index (χ2v) is 6.09. The van der Waals surface area contributed by atoms with Crippen LogP contribution in [0.1, 0.15) is 32.1 Å². The van der Waals surface area contributed by atoms with Gasteiger partial charge in [-0.05, 0) is 47.4 Å². The normalized spacial score (nSPS) is 18.6. The van der Waals surface area contributed by atoms with Crippen molar-refractivity contribution in [2.75, 3.05) is 18.4 Å². The van der Waals surface area contributed by atoms with Gasteiger partial charge < -0.3 is 16.0 Å². The molecule has 0 atom stereocenters. The zero-order valence-corrected chi connectivity index (χ0v) is 12.5. The predicted octanol–water partition coefficient (Wildman–Crippen LogP) is 1.70. The molecular weight excluding hydrogens is 343 g/mol. The number of anilines is 1. The number of hydrogen-bond acceptors (Lipinski definition) is 4. The summed E-state index contributed by atoms with van der Waals surface area (Å²) < 4.78 is 0.609. The molecule has 0 saturated heterocycles. The van der Waals surface area contributed by atoms with Gasteiger partial charge in [0.25, 0.3) is 5.56 Å². The fourth-order valence-corrected chi connectivity index (χ4v) is 3.02. The van der Waals surface area contributed by atoms with E-state index in [1.54, 1.807) is 0 Å². The number of nitrogens with two attached hydrogens (primary N) is 1. The lowest BCUT2D eigenvalue weighted by molar-refractivity contribution is 0.215. The predicted molar refractivity (Wildman–Crippen MR) is 80.6 cm³/mol. The minimum absolute atomic E-state index is 0.0986. The maximum Gasteiger partial charge on any atom is 0.266 e. The first-order chi connectivity index (χ1) is 8.67. The number of H-pyrrole nitrogens is 1. The number of nitrogens with zero attached hydrogens (tertiary/aromatic N) is 1. The summed E-state index contributed by atoms with van der Waals surface area (Å²) in [7, 11) is 0. The molecule has 6 heteroatoms. The second kappa shape index (κ2) is 6.01. The molecule has 2 rings (SSSR count). The molecule has 100 valence electrons. The van der Waals surface area contributed by atoms with Crippen LogP contribution < -0.4 is 16.6 Å². The number of aromatic amines is 1. The molecule has 1 aromatic rings. The van der Waals surface area contributed by atoms with Crippen LogP contribution in [0.15, 0.2) is 11.1 Å². The monoisotopic (exact) mass is 362 g/mol. The largest absolute Gasteiger partial charge is 0.368 e. The summed E-state index contributed by atoms with van der Waals surface area (Å²) in [5, 5.41) is 3.30. The van der Waals surface area contributed by atoms with E-state index < -0.39 is 0 Å². The Bertz CT molecular complexity index is 454. The molecular formula is C12H19IN4O. The molecule has 1 fully saturated rings. The van der Waals surface area contributed by atoms with Crippen LogP contribution in [0.4, 0.5) is 5.82 Å². The van der Waals surface area contributed by atoms with Gasteiger partial charge in [0.2, 0.25) is 0 Å². The molecule has 1 aliphatic rings. The van der Waals surface area contributed by atoms with Crippen molar-refractivity contribution in [3.05, 3.63) is 20.3 Å². The Hall–Kier alpha value is -0.630.